The Kier molecular flexibility index (Phi) is 6.95. The van der Waals surface area contributed by atoms with Crippen molar-refractivity contribution in [1.29, 1.82) is 5.53 Å². The fourth-order valence-electron chi connectivity index (χ4n) is 1.56. The van der Waals surface area contributed by atoms with Gasteiger partial charge in [-0.05, 0) is 30.7 Å². The number of hydrogen-bond acceptors (Lipinski definition) is 4. The fraction of sp³-hybridized carbons (Fsp3) is 0.429. The maximum Gasteiger partial charge on any atom is 0.224 e. The third-order valence-electron chi connectivity index (χ3n) is 2.71. The number of carbonyl (C=O) groups is 2. The molecular weight excluding hydrogens is 256 g/mol. The van der Waals surface area contributed by atoms with Crippen LogP contribution < -0.4 is 10.6 Å². The molecule has 20 heavy (non-hydrogen) atoms. The van der Waals surface area contributed by atoms with Crippen LogP contribution >= 0.6 is 0 Å². The zero-order valence-electron chi connectivity index (χ0n) is 11.6. The van der Waals surface area contributed by atoms with Crippen LogP contribution in [0.5, 0.6) is 0 Å². The lowest BCUT2D eigenvalue weighted by Crippen LogP contribution is -2.25. The quantitative estimate of drug-likeness (QED) is 0.503. The first-order chi connectivity index (χ1) is 9.65. The summed E-state index contributed by atoms with van der Waals surface area (Å²) in [5.41, 5.74) is 7.99. The van der Waals surface area contributed by atoms with Crippen LogP contribution in [-0.2, 0) is 9.59 Å². The first kappa shape index (κ1) is 15.8. The summed E-state index contributed by atoms with van der Waals surface area (Å²) in [6.07, 6.45) is 2.32. The smallest absolute Gasteiger partial charge is 0.224 e. The molecule has 0 aliphatic carbocycles. The summed E-state index contributed by atoms with van der Waals surface area (Å²) >= 11 is 0. The van der Waals surface area contributed by atoms with Crippen molar-refractivity contribution in [2.75, 3.05) is 11.9 Å². The highest BCUT2D eigenvalue weighted by Gasteiger charge is 2.06. The summed E-state index contributed by atoms with van der Waals surface area (Å²) in [6.45, 7) is 2.72. The molecule has 6 nitrogen and oxygen atoms in total. The predicted molar refractivity (Wildman–Crippen MR) is 77.0 cm³/mol. The minimum atomic E-state index is -0.203. The second-order valence-electron chi connectivity index (χ2n) is 4.41. The Morgan fingerprint density at radius 1 is 1.15 bits per heavy atom. The van der Waals surface area contributed by atoms with Gasteiger partial charge in [-0.3, -0.25) is 9.59 Å². The molecule has 0 aromatic heterocycles. The molecule has 6 heteroatoms. The van der Waals surface area contributed by atoms with Crippen molar-refractivity contribution in [3.63, 3.8) is 0 Å². The normalized spacial score (nSPS) is 9.85. The molecule has 0 saturated carbocycles. The van der Waals surface area contributed by atoms with Gasteiger partial charge in [0.25, 0.3) is 0 Å². The van der Waals surface area contributed by atoms with E-state index >= 15 is 0 Å². The van der Waals surface area contributed by atoms with Gasteiger partial charge in [-0.15, -0.1) is 0 Å². The van der Waals surface area contributed by atoms with Crippen molar-refractivity contribution in [2.24, 2.45) is 5.11 Å². The van der Waals surface area contributed by atoms with Crippen molar-refractivity contribution >= 4 is 23.2 Å². The Morgan fingerprint density at radius 2 is 1.80 bits per heavy atom. The molecule has 1 aromatic rings. The molecule has 0 aliphatic rings. The lowest BCUT2D eigenvalue weighted by atomic mass is 10.2. The third kappa shape index (κ3) is 6.08. The number of amides is 2. The molecule has 2 amide bonds. The van der Waals surface area contributed by atoms with E-state index < -0.39 is 0 Å². The fourth-order valence-corrected chi connectivity index (χ4v) is 1.56. The average molecular weight is 276 g/mol. The molecule has 0 spiro atoms. The Morgan fingerprint density at radius 3 is 2.40 bits per heavy atom. The van der Waals surface area contributed by atoms with E-state index in [1.165, 1.54) is 0 Å². The molecule has 1 aromatic carbocycles. The molecule has 0 aliphatic heterocycles. The SMILES string of the molecule is CCCCNC(=O)CCC(=O)Nc1ccc(N=N)cc1. The Labute approximate surface area is 118 Å². The number of hydrogen-bond donors (Lipinski definition) is 3. The molecule has 0 bridgehead atoms. The first-order valence-electron chi connectivity index (χ1n) is 6.69. The summed E-state index contributed by atoms with van der Waals surface area (Å²) in [7, 11) is 0. The molecule has 0 radical (unpaired) electrons. The second-order valence-corrected chi connectivity index (χ2v) is 4.41. The van der Waals surface area contributed by atoms with Crippen molar-refractivity contribution in [2.45, 2.75) is 32.6 Å². The largest absolute Gasteiger partial charge is 0.356 e. The van der Waals surface area contributed by atoms with E-state index in [-0.39, 0.29) is 24.7 Å². The topological polar surface area (TPSA) is 94.4 Å². The number of carbonyl (C=O) groups excluding carboxylic acids is 2. The van der Waals surface area contributed by atoms with E-state index in [9.17, 15) is 9.59 Å². The molecule has 0 unspecified atom stereocenters. The van der Waals surface area contributed by atoms with Gasteiger partial charge in [-0.1, -0.05) is 13.3 Å². The lowest BCUT2D eigenvalue weighted by Gasteiger charge is -2.06. The average Bonchev–Trinajstić information content (AvgIpc) is 2.46. The maximum atomic E-state index is 11.6. The molecule has 0 fully saturated rings. The summed E-state index contributed by atoms with van der Waals surface area (Å²) in [4.78, 5) is 23.1. The molecular formula is C14H20N4O2. The Balaban J connectivity index is 2.28. The lowest BCUT2D eigenvalue weighted by molar-refractivity contribution is -0.124. The molecule has 1 rings (SSSR count). The van der Waals surface area contributed by atoms with Crippen LogP contribution in [0.15, 0.2) is 29.4 Å². The molecule has 108 valence electrons. The Bertz CT molecular complexity index is 457. The van der Waals surface area contributed by atoms with Crippen LogP contribution in [-0.4, -0.2) is 18.4 Å². The predicted octanol–water partition coefficient (Wildman–Crippen LogP) is 2.98. The van der Waals surface area contributed by atoms with Crippen LogP contribution in [0, 0.1) is 5.53 Å². The van der Waals surface area contributed by atoms with Crippen molar-refractivity contribution in [3.05, 3.63) is 24.3 Å². The van der Waals surface area contributed by atoms with Gasteiger partial charge in [0.15, 0.2) is 0 Å². The summed E-state index contributed by atoms with van der Waals surface area (Å²) in [5, 5.41) is 8.73. The highest BCUT2D eigenvalue weighted by atomic mass is 16.2. The Hall–Kier alpha value is -2.24. The summed E-state index contributed by atoms with van der Waals surface area (Å²) < 4.78 is 0. The monoisotopic (exact) mass is 276 g/mol. The third-order valence-corrected chi connectivity index (χ3v) is 2.71. The van der Waals surface area contributed by atoms with Gasteiger partial charge in [0, 0.05) is 25.1 Å². The number of anilines is 1. The standard InChI is InChI=1S/C14H20N4O2/c1-2-3-10-16-13(19)8-9-14(20)17-11-4-6-12(18-15)7-5-11/h4-7,15H,2-3,8-10H2,1H3,(H,16,19)(H,17,20). The van der Waals surface area contributed by atoms with Crippen LogP contribution in [0.2, 0.25) is 0 Å². The molecule has 3 N–H and O–H groups in total. The van der Waals surface area contributed by atoms with Crippen LogP contribution in [0.4, 0.5) is 11.4 Å². The summed E-state index contributed by atoms with van der Waals surface area (Å²) in [5.74, 6) is -0.303. The van der Waals surface area contributed by atoms with E-state index in [1.807, 2.05) is 0 Å². The number of benzene rings is 1. The molecule has 0 atom stereocenters. The van der Waals surface area contributed by atoms with E-state index in [0.29, 0.717) is 17.9 Å². The number of nitrogens with one attached hydrogen (secondary N) is 3. The minimum Gasteiger partial charge on any atom is -0.356 e. The number of unbranched alkanes of at least 4 members (excludes halogenated alkanes) is 1. The van der Waals surface area contributed by atoms with Crippen LogP contribution in [0.1, 0.15) is 32.6 Å². The zero-order chi connectivity index (χ0) is 14.8. The minimum absolute atomic E-state index is 0.100. The maximum absolute atomic E-state index is 11.6. The van der Waals surface area contributed by atoms with Gasteiger partial charge in [0.2, 0.25) is 11.8 Å². The van der Waals surface area contributed by atoms with E-state index in [4.69, 9.17) is 5.53 Å². The van der Waals surface area contributed by atoms with E-state index in [2.05, 4.69) is 22.7 Å². The second kappa shape index (κ2) is 8.79. The van der Waals surface area contributed by atoms with E-state index in [0.717, 1.165) is 12.8 Å². The molecule has 0 saturated heterocycles. The zero-order valence-corrected chi connectivity index (χ0v) is 11.6. The van der Waals surface area contributed by atoms with Gasteiger partial charge < -0.3 is 10.6 Å². The van der Waals surface area contributed by atoms with Crippen molar-refractivity contribution < 1.29 is 9.59 Å². The van der Waals surface area contributed by atoms with Gasteiger partial charge >= 0.3 is 0 Å². The van der Waals surface area contributed by atoms with Crippen molar-refractivity contribution in [1.82, 2.24) is 5.32 Å². The van der Waals surface area contributed by atoms with Crippen LogP contribution in [0.25, 0.3) is 0 Å². The molecule has 0 heterocycles. The van der Waals surface area contributed by atoms with Crippen molar-refractivity contribution in [3.8, 4) is 0 Å². The van der Waals surface area contributed by atoms with Gasteiger partial charge in [-0.2, -0.15) is 5.11 Å². The first-order valence-corrected chi connectivity index (χ1v) is 6.69. The summed E-state index contributed by atoms with van der Waals surface area (Å²) in [6, 6.07) is 6.62. The van der Waals surface area contributed by atoms with Gasteiger partial charge in [-0.25, -0.2) is 5.53 Å². The highest BCUT2D eigenvalue weighted by Crippen LogP contribution is 2.15. The highest BCUT2D eigenvalue weighted by molar-refractivity contribution is 5.93. The number of nitrogens with zero attached hydrogens (tertiary/aromatic N) is 1. The number of rotatable bonds is 8. The van der Waals surface area contributed by atoms with Gasteiger partial charge in [0.05, 0.1) is 5.69 Å². The van der Waals surface area contributed by atoms with Gasteiger partial charge in [0.1, 0.15) is 0 Å². The van der Waals surface area contributed by atoms with Crippen LogP contribution in [0.3, 0.4) is 0 Å². The van der Waals surface area contributed by atoms with E-state index in [1.54, 1.807) is 24.3 Å².